The molecule has 1 N–H and O–H groups in total. The number of benzene rings is 2. The van der Waals surface area contributed by atoms with Crippen LogP contribution in [0.1, 0.15) is 39.3 Å². The number of thiophene rings is 1. The van der Waals surface area contributed by atoms with Gasteiger partial charge < -0.3 is 14.5 Å². The fourth-order valence-electron chi connectivity index (χ4n) is 4.76. The Kier molecular flexibility index (Phi) is 8.70. The number of methoxy groups -OCH3 is 1. The Morgan fingerprint density at radius 3 is 2.58 bits per heavy atom. The van der Waals surface area contributed by atoms with Crippen LogP contribution < -0.4 is 10.1 Å². The zero-order valence-corrected chi connectivity index (χ0v) is 25.4. The summed E-state index contributed by atoms with van der Waals surface area (Å²) in [6.07, 6.45) is 1.95. The predicted molar refractivity (Wildman–Crippen MR) is 167 cm³/mol. The SMILES string of the molecule is COc1ccc([C@@H]2CC(c3cccs3)=NN2C(=O)CSc2nnc(CNC(=O)c3ccco3)n2-c2ccc([N+](=O)[O-])cc2)cc1. The van der Waals surface area contributed by atoms with Crippen LogP contribution in [-0.4, -0.2) is 55.1 Å². The maximum atomic E-state index is 13.7. The Morgan fingerprint density at radius 1 is 1.11 bits per heavy atom. The van der Waals surface area contributed by atoms with Crippen LogP contribution in [0.5, 0.6) is 5.75 Å². The van der Waals surface area contributed by atoms with Gasteiger partial charge in [-0.1, -0.05) is 30.0 Å². The van der Waals surface area contributed by atoms with E-state index in [1.54, 1.807) is 41.2 Å². The number of nitro groups is 1. The number of amides is 2. The normalized spacial score (nSPS) is 14.3. The quantitative estimate of drug-likeness (QED) is 0.115. The first-order valence-electron chi connectivity index (χ1n) is 13.6. The number of thioether (sulfide) groups is 1. The number of carbonyl (C=O) groups excluding carboxylic acids is 2. The second-order valence-corrected chi connectivity index (χ2v) is 11.6. The average molecular weight is 644 g/mol. The van der Waals surface area contributed by atoms with Crippen LogP contribution in [-0.2, 0) is 11.3 Å². The molecular weight excluding hydrogens is 619 g/mol. The van der Waals surface area contributed by atoms with E-state index in [0.717, 1.165) is 27.9 Å². The van der Waals surface area contributed by atoms with Gasteiger partial charge in [0.25, 0.3) is 17.5 Å². The van der Waals surface area contributed by atoms with Gasteiger partial charge in [-0.2, -0.15) is 5.10 Å². The molecule has 1 aliphatic heterocycles. The minimum absolute atomic E-state index is 0.0157. The second-order valence-electron chi connectivity index (χ2n) is 9.71. The summed E-state index contributed by atoms with van der Waals surface area (Å²) in [5.74, 6) is 0.507. The molecule has 45 heavy (non-hydrogen) atoms. The highest BCUT2D eigenvalue weighted by molar-refractivity contribution is 7.99. The number of nitro benzene ring substituents is 1. The van der Waals surface area contributed by atoms with E-state index in [-0.39, 0.29) is 35.7 Å². The van der Waals surface area contributed by atoms with Crippen molar-refractivity contribution in [3.8, 4) is 11.4 Å². The van der Waals surface area contributed by atoms with Crippen LogP contribution in [0.3, 0.4) is 0 Å². The highest BCUT2D eigenvalue weighted by Crippen LogP contribution is 2.35. The smallest absolute Gasteiger partial charge is 0.287 e. The molecule has 5 aromatic rings. The van der Waals surface area contributed by atoms with Gasteiger partial charge >= 0.3 is 0 Å². The van der Waals surface area contributed by atoms with Gasteiger partial charge in [0.1, 0.15) is 5.75 Å². The molecule has 13 nitrogen and oxygen atoms in total. The lowest BCUT2D eigenvalue weighted by atomic mass is 10.0. The van der Waals surface area contributed by atoms with Gasteiger partial charge in [-0.3, -0.25) is 24.3 Å². The molecule has 0 spiro atoms. The number of nitrogens with one attached hydrogen (secondary N) is 1. The number of hydrogen-bond acceptors (Lipinski definition) is 11. The third-order valence-corrected chi connectivity index (χ3v) is 8.80. The third kappa shape index (κ3) is 6.49. The summed E-state index contributed by atoms with van der Waals surface area (Å²) in [6, 6.07) is 20.2. The zero-order valence-electron chi connectivity index (χ0n) is 23.7. The molecule has 0 saturated heterocycles. The van der Waals surface area contributed by atoms with Crippen LogP contribution in [0.4, 0.5) is 5.69 Å². The number of carbonyl (C=O) groups is 2. The Morgan fingerprint density at radius 2 is 1.91 bits per heavy atom. The average Bonchev–Trinajstić information content (AvgIpc) is 3.89. The Labute approximate surface area is 264 Å². The van der Waals surface area contributed by atoms with Gasteiger partial charge in [0.15, 0.2) is 16.7 Å². The maximum Gasteiger partial charge on any atom is 0.287 e. The molecule has 0 unspecified atom stereocenters. The van der Waals surface area contributed by atoms with Gasteiger partial charge in [0, 0.05) is 24.2 Å². The van der Waals surface area contributed by atoms with Crippen molar-refractivity contribution in [2.75, 3.05) is 12.9 Å². The number of non-ortho nitro benzene ring substituents is 1. The minimum atomic E-state index is -0.491. The molecule has 3 aromatic heterocycles. The molecule has 0 bridgehead atoms. The standard InChI is InChI=1S/C30H25N7O6S2/c1-42-22-12-6-19(7-13-22)24-16-23(26-5-3-15-44-26)34-36(24)28(38)18-45-30-33-32-27(17-31-29(39)25-4-2-14-43-25)35(30)20-8-10-21(11-9-20)37(40)41/h2-15,24H,16-18H2,1H3,(H,31,39)/t24-/m0/s1. The number of rotatable bonds is 11. The third-order valence-electron chi connectivity index (χ3n) is 6.97. The highest BCUT2D eigenvalue weighted by Gasteiger charge is 2.34. The van der Waals surface area contributed by atoms with E-state index < -0.39 is 10.8 Å². The van der Waals surface area contributed by atoms with Gasteiger partial charge in [-0.25, -0.2) is 5.01 Å². The summed E-state index contributed by atoms with van der Waals surface area (Å²) in [6.45, 7) is -0.0157. The van der Waals surface area contributed by atoms with Crippen molar-refractivity contribution in [1.82, 2.24) is 25.1 Å². The molecule has 0 aliphatic carbocycles. The van der Waals surface area contributed by atoms with Crippen molar-refractivity contribution in [1.29, 1.82) is 0 Å². The Balaban J connectivity index is 1.25. The van der Waals surface area contributed by atoms with E-state index in [1.165, 1.54) is 29.5 Å². The van der Waals surface area contributed by atoms with Crippen molar-refractivity contribution in [2.45, 2.75) is 24.2 Å². The first-order valence-corrected chi connectivity index (χ1v) is 15.5. The fourth-order valence-corrected chi connectivity index (χ4v) is 6.30. The van der Waals surface area contributed by atoms with Gasteiger partial charge in [0.05, 0.1) is 47.2 Å². The van der Waals surface area contributed by atoms with Crippen LogP contribution in [0, 0.1) is 10.1 Å². The highest BCUT2D eigenvalue weighted by atomic mass is 32.2. The summed E-state index contributed by atoms with van der Waals surface area (Å²) in [5, 5.41) is 31.1. The van der Waals surface area contributed by atoms with Crippen molar-refractivity contribution in [3.05, 3.63) is 117 Å². The largest absolute Gasteiger partial charge is 0.497 e. The van der Waals surface area contributed by atoms with Crippen molar-refractivity contribution in [3.63, 3.8) is 0 Å². The predicted octanol–water partition coefficient (Wildman–Crippen LogP) is 5.24. The lowest BCUT2D eigenvalue weighted by Gasteiger charge is -2.22. The Hall–Kier alpha value is -5.28. The van der Waals surface area contributed by atoms with E-state index in [9.17, 15) is 19.7 Å². The van der Waals surface area contributed by atoms with Gasteiger partial charge in [-0.05, 0) is 53.4 Å². The monoisotopic (exact) mass is 643 g/mol. The number of hydrogen-bond donors (Lipinski definition) is 1. The lowest BCUT2D eigenvalue weighted by molar-refractivity contribution is -0.384. The number of hydrazone groups is 1. The van der Waals surface area contributed by atoms with Crippen molar-refractivity contribution < 1.29 is 23.7 Å². The van der Waals surface area contributed by atoms with Crippen molar-refractivity contribution in [2.24, 2.45) is 5.10 Å². The van der Waals surface area contributed by atoms with Crippen LogP contribution in [0.25, 0.3) is 5.69 Å². The summed E-state index contributed by atoms with van der Waals surface area (Å²) in [7, 11) is 1.60. The summed E-state index contributed by atoms with van der Waals surface area (Å²) in [4.78, 5) is 38.0. The number of nitrogens with zero attached hydrogens (tertiary/aromatic N) is 6. The number of aromatic nitrogens is 3. The van der Waals surface area contributed by atoms with E-state index in [2.05, 4.69) is 15.5 Å². The molecular formula is C30H25N7O6S2. The van der Waals surface area contributed by atoms with Gasteiger partial charge in [-0.15, -0.1) is 21.5 Å². The summed E-state index contributed by atoms with van der Waals surface area (Å²) >= 11 is 2.71. The minimum Gasteiger partial charge on any atom is -0.497 e. The molecule has 228 valence electrons. The molecule has 0 fully saturated rings. The molecule has 15 heteroatoms. The first-order chi connectivity index (χ1) is 21.9. The molecule has 2 aromatic carbocycles. The topological polar surface area (TPSA) is 158 Å². The van der Waals surface area contributed by atoms with Gasteiger partial charge in [0.2, 0.25) is 0 Å². The molecule has 0 saturated carbocycles. The molecule has 4 heterocycles. The van der Waals surface area contributed by atoms with Crippen LogP contribution in [0.15, 0.2) is 99.1 Å². The second kappa shape index (κ2) is 13.2. The van der Waals surface area contributed by atoms with Crippen LogP contribution >= 0.6 is 23.1 Å². The molecule has 6 rings (SSSR count). The van der Waals surface area contributed by atoms with E-state index in [4.69, 9.17) is 14.3 Å². The molecule has 1 atom stereocenters. The maximum absolute atomic E-state index is 13.7. The molecule has 1 aliphatic rings. The van der Waals surface area contributed by atoms with Crippen LogP contribution in [0.2, 0.25) is 0 Å². The first kappa shape index (κ1) is 29.8. The fraction of sp³-hybridized carbons (Fsp3) is 0.167. The molecule has 0 radical (unpaired) electrons. The lowest BCUT2D eigenvalue weighted by Crippen LogP contribution is -2.28. The van der Waals surface area contributed by atoms with Crippen molar-refractivity contribution >= 4 is 46.3 Å². The zero-order chi connectivity index (χ0) is 31.3. The number of ether oxygens (including phenoxy) is 1. The number of furan rings is 1. The van der Waals surface area contributed by atoms with E-state index in [0.29, 0.717) is 28.8 Å². The summed E-state index contributed by atoms with van der Waals surface area (Å²) in [5.41, 5.74) is 2.20. The van der Waals surface area contributed by atoms with E-state index in [1.807, 2.05) is 41.8 Å². The molecule has 2 amide bonds. The Bertz CT molecular complexity index is 1840. The summed E-state index contributed by atoms with van der Waals surface area (Å²) < 4.78 is 12.1. The van der Waals surface area contributed by atoms with E-state index >= 15 is 0 Å².